The summed E-state index contributed by atoms with van der Waals surface area (Å²) in [6.45, 7) is 1.21. The highest BCUT2D eigenvalue weighted by Gasteiger charge is 2.33. The van der Waals surface area contributed by atoms with E-state index in [2.05, 4.69) is 15.5 Å². The Bertz CT molecular complexity index is 680. The molecule has 1 N–H and O–H groups in total. The summed E-state index contributed by atoms with van der Waals surface area (Å²) in [6.07, 6.45) is -3.07. The maximum absolute atomic E-state index is 12.5. The van der Waals surface area contributed by atoms with Crippen molar-refractivity contribution in [2.24, 2.45) is 0 Å². The fourth-order valence-electron chi connectivity index (χ4n) is 2.56. The van der Waals surface area contributed by atoms with E-state index >= 15 is 0 Å². The minimum absolute atomic E-state index is 0.0519. The quantitative estimate of drug-likeness (QED) is 0.919. The molecule has 1 aliphatic rings. The predicted octanol–water partition coefficient (Wildman–Crippen LogP) is 2.96. The van der Waals surface area contributed by atoms with Gasteiger partial charge in [-0.2, -0.15) is 24.5 Å². The summed E-state index contributed by atoms with van der Waals surface area (Å²) in [6, 6.07) is 4.09. The van der Waals surface area contributed by atoms with E-state index in [-0.39, 0.29) is 11.9 Å². The van der Waals surface area contributed by atoms with E-state index in [0.717, 1.165) is 6.07 Å². The molecule has 3 rings (SSSR count). The second-order valence-corrected chi connectivity index (χ2v) is 6.30. The molecule has 5 nitrogen and oxygen atoms in total. The Morgan fingerprint density at radius 2 is 1.96 bits per heavy atom. The maximum Gasteiger partial charge on any atom is 0.435 e. The number of halogens is 3. The van der Waals surface area contributed by atoms with Gasteiger partial charge in [-0.25, -0.2) is 0 Å². The van der Waals surface area contributed by atoms with Crippen LogP contribution < -0.4 is 10.2 Å². The van der Waals surface area contributed by atoms with E-state index in [9.17, 15) is 18.0 Å². The largest absolute Gasteiger partial charge is 0.435 e. The van der Waals surface area contributed by atoms with Crippen molar-refractivity contribution in [3.8, 4) is 0 Å². The molecule has 0 radical (unpaired) electrons. The number of carbonyl (C=O) groups excluding carboxylic acids is 1. The van der Waals surface area contributed by atoms with Gasteiger partial charge in [0, 0.05) is 30.1 Å². The lowest BCUT2D eigenvalue weighted by atomic mass is 10.0. The van der Waals surface area contributed by atoms with Gasteiger partial charge in [0.1, 0.15) is 0 Å². The van der Waals surface area contributed by atoms with Gasteiger partial charge in [-0.05, 0) is 36.4 Å². The summed E-state index contributed by atoms with van der Waals surface area (Å²) < 4.78 is 37.5. The number of aromatic nitrogens is 2. The van der Waals surface area contributed by atoms with Crippen LogP contribution in [0.4, 0.5) is 19.0 Å². The lowest BCUT2D eigenvalue weighted by Gasteiger charge is -2.32. The molecule has 0 saturated carbocycles. The third-order valence-electron chi connectivity index (χ3n) is 3.88. The first-order valence-electron chi connectivity index (χ1n) is 7.42. The first kappa shape index (κ1) is 16.7. The summed E-state index contributed by atoms with van der Waals surface area (Å²) in [5.41, 5.74) is -0.347. The number of hydrogen-bond donors (Lipinski definition) is 1. The molecule has 0 aromatic carbocycles. The normalized spacial score (nSPS) is 16.2. The van der Waals surface area contributed by atoms with Crippen molar-refractivity contribution in [3.63, 3.8) is 0 Å². The van der Waals surface area contributed by atoms with Gasteiger partial charge in [0.05, 0.1) is 0 Å². The van der Waals surface area contributed by atoms with E-state index < -0.39 is 11.9 Å². The van der Waals surface area contributed by atoms with E-state index in [1.807, 2.05) is 10.3 Å². The number of hydrogen-bond acceptors (Lipinski definition) is 5. The van der Waals surface area contributed by atoms with Crippen molar-refractivity contribution in [2.45, 2.75) is 25.1 Å². The Morgan fingerprint density at radius 1 is 1.21 bits per heavy atom. The highest BCUT2D eigenvalue weighted by atomic mass is 32.1. The molecule has 0 unspecified atom stereocenters. The molecule has 1 fully saturated rings. The van der Waals surface area contributed by atoms with Crippen LogP contribution >= 0.6 is 11.3 Å². The zero-order chi connectivity index (χ0) is 17.2. The molecule has 128 valence electrons. The summed E-state index contributed by atoms with van der Waals surface area (Å²) in [7, 11) is 0. The number of piperidine rings is 1. The summed E-state index contributed by atoms with van der Waals surface area (Å²) in [4.78, 5) is 13.9. The first-order chi connectivity index (χ1) is 11.4. The molecule has 0 atom stereocenters. The van der Waals surface area contributed by atoms with Gasteiger partial charge in [0.25, 0.3) is 5.91 Å². The van der Waals surface area contributed by atoms with Crippen LogP contribution in [-0.4, -0.2) is 35.2 Å². The summed E-state index contributed by atoms with van der Waals surface area (Å²) >= 11 is 1.47. The van der Waals surface area contributed by atoms with Crippen LogP contribution in [0.3, 0.4) is 0 Å². The Balaban J connectivity index is 1.54. The van der Waals surface area contributed by atoms with Crippen molar-refractivity contribution in [2.75, 3.05) is 18.0 Å². The third-order valence-corrected chi connectivity index (χ3v) is 4.56. The van der Waals surface area contributed by atoms with E-state index in [0.29, 0.717) is 37.3 Å². The van der Waals surface area contributed by atoms with Crippen molar-refractivity contribution >= 4 is 23.1 Å². The topological polar surface area (TPSA) is 58.1 Å². The minimum Gasteiger partial charge on any atom is -0.355 e. The number of rotatable bonds is 3. The SMILES string of the molecule is O=C(NC1CCN(c2ccc(C(F)(F)F)nn2)CC1)c1ccsc1. The van der Waals surface area contributed by atoms with Crippen LogP contribution in [0.25, 0.3) is 0 Å². The lowest BCUT2D eigenvalue weighted by molar-refractivity contribution is -0.141. The molecule has 1 aliphatic heterocycles. The Labute approximate surface area is 140 Å². The number of anilines is 1. The van der Waals surface area contributed by atoms with Crippen LogP contribution in [0.15, 0.2) is 29.0 Å². The van der Waals surface area contributed by atoms with E-state index in [4.69, 9.17) is 0 Å². The number of thiophene rings is 1. The summed E-state index contributed by atoms with van der Waals surface area (Å²) in [5, 5.41) is 13.5. The van der Waals surface area contributed by atoms with Gasteiger partial charge in [0.2, 0.25) is 0 Å². The molecule has 24 heavy (non-hydrogen) atoms. The lowest BCUT2D eigenvalue weighted by Crippen LogP contribution is -2.45. The van der Waals surface area contributed by atoms with Crippen molar-refractivity contribution in [1.29, 1.82) is 0 Å². The Kier molecular flexibility index (Phi) is 4.70. The average molecular weight is 356 g/mol. The summed E-state index contributed by atoms with van der Waals surface area (Å²) in [5.74, 6) is 0.328. The van der Waals surface area contributed by atoms with E-state index in [1.54, 1.807) is 11.4 Å². The van der Waals surface area contributed by atoms with Gasteiger partial charge in [-0.15, -0.1) is 10.2 Å². The number of alkyl halides is 3. The molecule has 9 heteroatoms. The second kappa shape index (κ2) is 6.76. The second-order valence-electron chi connectivity index (χ2n) is 5.52. The van der Waals surface area contributed by atoms with Crippen molar-refractivity contribution in [3.05, 3.63) is 40.2 Å². The molecular weight excluding hydrogens is 341 g/mol. The van der Waals surface area contributed by atoms with Crippen LogP contribution in [0.1, 0.15) is 28.9 Å². The predicted molar refractivity (Wildman–Crippen MR) is 84.1 cm³/mol. The zero-order valence-corrected chi connectivity index (χ0v) is 13.4. The maximum atomic E-state index is 12.5. The van der Waals surface area contributed by atoms with Gasteiger partial charge >= 0.3 is 6.18 Å². The van der Waals surface area contributed by atoms with Crippen molar-refractivity contribution in [1.82, 2.24) is 15.5 Å². The molecule has 3 heterocycles. The number of amides is 1. The van der Waals surface area contributed by atoms with Crippen LogP contribution in [0.5, 0.6) is 0 Å². The van der Waals surface area contributed by atoms with Gasteiger partial charge in [0.15, 0.2) is 11.5 Å². The highest BCUT2D eigenvalue weighted by molar-refractivity contribution is 7.08. The molecular formula is C15H15F3N4OS. The number of nitrogens with one attached hydrogen (secondary N) is 1. The molecule has 0 bridgehead atoms. The average Bonchev–Trinajstić information content (AvgIpc) is 3.09. The van der Waals surface area contributed by atoms with Crippen LogP contribution in [0.2, 0.25) is 0 Å². The molecule has 2 aromatic rings. The van der Waals surface area contributed by atoms with Gasteiger partial charge < -0.3 is 10.2 Å². The fraction of sp³-hybridized carbons (Fsp3) is 0.400. The molecule has 0 aliphatic carbocycles. The fourth-order valence-corrected chi connectivity index (χ4v) is 3.20. The van der Waals surface area contributed by atoms with Crippen LogP contribution in [0, 0.1) is 0 Å². The van der Waals surface area contributed by atoms with E-state index in [1.165, 1.54) is 17.4 Å². The Morgan fingerprint density at radius 3 is 2.50 bits per heavy atom. The molecule has 2 aromatic heterocycles. The first-order valence-corrected chi connectivity index (χ1v) is 8.37. The monoisotopic (exact) mass is 356 g/mol. The smallest absolute Gasteiger partial charge is 0.355 e. The minimum atomic E-state index is -4.48. The third kappa shape index (κ3) is 3.84. The van der Waals surface area contributed by atoms with Crippen LogP contribution in [-0.2, 0) is 6.18 Å². The van der Waals surface area contributed by atoms with Crippen molar-refractivity contribution < 1.29 is 18.0 Å². The zero-order valence-electron chi connectivity index (χ0n) is 12.6. The van der Waals surface area contributed by atoms with Gasteiger partial charge in [-0.1, -0.05) is 0 Å². The number of carbonyl (C=O) groups is 1. The molecule has 0 spiro atoms. The molecule has 1 amide bonds. The van der Waals surface area contributed by atoms with Gasteiger partial charge in [-0.3, -0.25) is 4.79 Å². The molecule has 1 saturated heterocycles. The number of nitrogens with zero attached hydrogens (tertiary/aromatic N) is 3. The Hall–Kier alpha value is -2.16. The standard InChI is InChI=1S/C15H15F3N4OS/c16-15(17,18)12-1-2-13(21-20-12)22-6-3-11(4-7-22)19-14(23)10-5-8-24-9-10/h1-2,5,8-9,11H,3-4,6-7H2,(H,19,23). The highest BCUT2D eigenvalue weighted by Crippen LogP contribution is 2.28.